The minimum absolute atomic E-state index is 0.0521. The summed E-state index contributed by atoms with van der Waals surface area (Å²) in [5, 5.41) is 14.0. The zero-order chi connectivity index (χ0) is 11.5. The number of aliphatic hydroxyl groups is 1. The van der Waals surface area contributed by atoms with Crippen LogP contribution in [0.5, 0.6) is 0 Å². The zero-order valence-electron chi connectivity index (χ0n) is 8.99. The lowest BCUT2D eigenvalue weighted by Crippen LogP contribution is -2.39. The summed E-state index contributed by atoms with van der Waals surface area (Å²) in [6, 6.07) is 1.74. The van der Waals surface area contributed by atoms with E-state index in [1.165, 1.54) is 6.20 Å². The van der Waals surface area contributed by atoms with E-state index >= 15 is 0 Å². The number of nitrogens with two attached hydrogens (primary N) is 1. The fourth-order valence-electron chi connectivity index (χ4n) is 2.07. The molecule has 2 unspecified atom stereocenters. The molecule has 0 amide bonds. The van der Waals surface area contributed by atoms with Gasteiger partial charge in [0.2, 0.25) is 0 Å². The molecule has 0 bridgehead atoms. The number of nitrogen functional groups attached to an aromatic ring is 1. The molecule has 5 heteroatoms. The standard InChI is InChI=1S/C11H16ClN3O/c12-7-5-8(11(13)15-6-7)10(16)9-3-1-2-4-14-9/h5-6,9-10,14,16H,1-4H2,(H2,13,15). The molecule has 1 aliphatic rings. The van der Waals surface area contributed by atoms with Gasteiger partial charge in [0.05, 0.1) is 11.1 Å². The van der Waals surface area contributed by atoms with Gasteiger partial charge >= 0.3 is 0 Å². The highest BCUT2D eigenvalue weighted by molar-refractivity contribution is 6.30. The van der Waals surface area contributed by atoms with Gasteiger partial charge < -0.3 is 16.2 Å². The van der Waals surface area contributed by atoms with E-state index in [0.717, 1.165) is 25.8 Å². The van der Waals surface area contributed by atoms with Gasteiger partial charge in [-0.1, -0.05) is 18.0 Å². The molecule has 0 radical (unpaired) electrons. The van der Waals surface area contributed by atoms with Crippen LogP contribution in [0.2, 0.25) is 5.02 Å². The Kier molecular flexibility index (Phi) is 3.63. The highest BCUT2D eigenvalue weighted by Gasteiger charge is 2.24. The summed E-state index contributed by atoms with van der Waals surface area (Å²) in [6.07, 6.45) is 4.09. The average Bonchev–Trinajstić information content (AvgIpc) is 2.32. The molecule has 1 fully saturated rings. The molecular weight excluding hydrogens is 226 g/mol. The summed E-state index contributed by atoms with van der Waals surface area (Å²) in [7, 11) is 0. The summed E-state index contributed by atoms with van der Waals surface area (Å²) in [4.78, 5) is 3.95. The molecule has 1 aromatic rings. The van der Waals surface area contributed by atoms with Crippen molar-refractivity contribution in [3.05, 3.63) is 22.8 Å². The Balaban J connectivity index is 2.18. The minimum atomic E-state index is -0.633. The summed E-state index contributed by atoms with van der Waals surface area (Å²) >= 11 is 5.85. The van der Waals surface area contributed by atoms with Crippen LogP contribution in [-0.2, 0) is 0 Å². The predicted octanol–water partition coefficient (Wildman–Crippen LogP) is 1.49. The van der Waals surface area contributed by atoms with Crippen LogP contribution in [0, 0.1) is 0 Å². The molecule has 4 nitrogen and oxygen atoms in total. The maximum Gasteiger partial charge on any atom is 0.129 e. The van der Waals surface area contributed by atoms with Gasteiger partial charge in [-0.25, -0.2) is 4.98 Å². The number of nitrogens with zero attached hydrogens (tertiary/aromatic N) is 1. The van der Waals surface area contributed by atoms with Gasteiger partial charge in [0.25, 0.3) is 0 Å². The summed E-state index contributed by atoms with van der Waals surface area (Å²) < 4.78 is 0. The number of hydrogen-bond acceptors (Lipinski definition) is 4. The van der Waals surface area contributed by atoms with Gasteiger partial charge in [-0.05, 0) is 25.5 Å². The van der Waals surface area contributed by atoms with E-state index in [2.05, 4.69) is 10.3 Å². The van der Waals surface area contributed by atoms with Crippen molar-refractivity contribution in [1.29, 1.82) is 0 Å². The SMILES string of the molecule is Nc1ncc(Cl)cc1C(O)C1CCCCN1. The highest BCUT2D eigenvalue weighted by Crippen LogP contribution is 2.27. The number of halogens is 1. The van der Waals surface area contributed by atoms with Crippen molar-refractivity contribution in [2.24, 2.45) is 0 Å². The predicted molar refractivity (Wildman–Crippen MR) is 64.3 cm³/mol. The summed E-state index contributed by atoms with van der Waals surface area (Å²) in [5.74, 6) is 0.351. The minimum Gasteiger partial charge on any atom is -0.387 e. The third kappa shape index (κ3) is 2.45. The van der Waals surface area contributed by atoms with E-state index in [-0.39, 0.29) is 6.04 Å². The molecule has 2 rings (SSSR count). The van der Waals surface area contributed by atoms with Crippen molar-refractivity contribution < 1.29 is 5.11 Å². The van der Waals surface area contributed by atoms with E-state index < -0.39 is 6.10 Å². The maximum atomic E-state index is 10.2. The number of nitrogens with one attached hydrogen (secondary N) is 1. The molecule has 1 aromatic heterocycles. The van der Waals surface area contributed by atoms with Crippen LogP contribution in [0.4, 0.5) is 5.82 Å². The fourth-order valence-corrected chi connectivity index (χ4v) is 2.23. The molecule has 1 aliphatic heterocycles. The molecule has 1 saturated heterocycles. The van der Waals surface area contributed by atoms with Crippen molar-refractivity contribution in [1.82, 2.24) is 10.3 Å². The topological polar surface area (TPSA) is 71.2 Å². The average molecular weight is 242 g/mol. The number of pyridine rings is 1. The van der Waals surface area contributed by atoms with Crippen molar-refractivity contribution in [3.63, 3.8) is 0 Å². The smallest absolute Gasteiger partial charge is 0.129 e. The molecule has 0 saturated carbocycles. The maximum absolute atomic E-state index is 10.2. The van der Waals surface area contributed by atoms with E-state index in [1.54, 1.807) is 6.07 Å². The van der Waals surface area contributed by atoms with Crippen molar-refractivity contribution in [2.75, 3.05) is 12.3 Å². The number of piperidine rings is 1. The molecule has 2 heterocycles. The monoisotopic (exact) mass is 241 g/mol. The molecular formula is C11H16ClN3O. The number of aliphatic hydroxyl groups excluding tert-OH is 1. The van der Waals surface area contributed by atoms with Crippen LogP contribution in [0.25, 0.3) is 0 Å². The van der Waals surface area contributed by atoms with E-state index in [9.17, 15) is 5.11 Å². The molecule has 4 N–H and O–H groups in total. The van der Waals surface area contributed by atoms with Gasteiger partial charge in [0.15, 0.2) is 0 Å². The molecule has 16 heavy (non-hydrogen) atoms. The Morgan fingerprint density at radius 1 is 1.56 bits per heavy atom. The van der Waals surface area contributed by atoms with Crippen LogP contribution < -0.4 is 11.1 Å². The number of hydrogen-bond donors (Lipinski definition) is 3. The van der Waals surface area contributed by atoms with Crippen LogP contribution >= 0.6 is 11.6 Å². The van der Waals surface area contributed by atoms with Gasteiger partial charge in [-0.2, -0.15) is 0 Å². The highest BCUT2D eigenvalue weighted by atomic mass is 35.5. The second-order valence-corrected chi connectivity index (χ2v) is 4.57. The first kappa shape index (κ1) is 11.6. The third-order valence-corrected chi connectivity index (χ3v) is 3.17. The second-order valence-electron chi connectivity index (χ2n) is 4.13. The first-order chi connectivity index (χ1) is 7.68. The van der Waals surface area contributed by atoms with E-state index in [0.29, 0.717) is 16.4 Å². The fraction of sp³-hybridized carbons (Fsp3) is 0.545. The lowest BCUT2D eigenvalue weighted by molar-refractivity contribution is 0.114. The van der Waals surface area contributed by atoms with Gasteiger partial charge in [0, 0.05) is 17.8 Å². The first-order valence-electron chi connectivity index (χ1n) is 5.51. The van der Waals surface area contributed by atoms with E-state index in [1.807, 2.05) is 0 Å². The van der Waals surface area contributed by atoms with Crippen LogP contribution in [0.1, 0.15) is 30.9 Å². The van der Waals surface area contributed by atoms with Crippen LogP contribution in [0.3, 0.4) is 0 Å². The Bertz CT molecular complexity index is 366. The van der Waals surface area contributed by atoms with Gasteiger partial charge in [0.1, 0.15) is 5.82 Å². The summed E-state index contributed by atoms with van der Waals surface area (Å²) in [5.41, 5.74) is 6.36. The Labute approximate surface area is 99.8 Å². The molecule has 2 atom stereocenters. The quantitative estimate of drug-likeness (QED) is 0.734. The Hall–Kier alpha value is -0.840. The lowest BCUT2D eigenvalue weighted by Gasteiger charge is -2.28. The molecule has 0 aliphatic carbocycles. The summed E-state index contributed by atoms with van der Waals surface area (Å²) in [6.45, 7) is 0.940. The van der Waals surface area contributed by atoms with Crippen LogP contribution in [0.15, 0.2) is 12.3 Å². The molecule has 0 aromatic carbocycles. The number of anilines is 1. The van der Waals surface area contributed by atoms with Crippen LogP contribution in [-0.4, -0.2) is 22.7 Å². The van der Waals surface area contributed by atoms with Crippen molar-refractivity contribution in [2.45, 2.75) is 31.4 Å². The largest absolute Gasteiger partial charge is 0.387 e. The van der Waals surface area contributed by atoms with Crippen molar-refractivity contribution >= 4 is 17.4 Å². The number of aromatic nitrogens is 1. The Morgan fingerprint density at radius 3 is 3.06 bits per heavy atom. The number of rotatable bonds is 2. The third-order valence-electron chi connectivity index (χ3n) is 2.96. The van der Waals surface area contributed by atoms with Gasteiger partial charge in [-0.15, -0.1) is 0 Å². The normalized spacial score (nSPS) is 23.0. The van der Waals surface area contributed by atoms with E-state index in [4.69, 9.17) is 17.3 Å². The second kappa shape index (κ2) is 4.99. The lowest BCUT2D eigenvalue weighted by atomic mass is 9.95. The van der Waals surface area contributed by atoms with Gasteiger partial charge in [-0.3, -0.25) is 0 Å². The first-order valence-corrected chi connectivity index (χ1v) is 5.88. The van der Waals surface area contributed by atoms with Crippen molar-refractivity contribution in [3.8, 4) is 0 Å². The molecule has 88 valence electrons. The molecule has 0 spiro atoms. The Morgan fingerprint density at radius 2 is 2.38 bits per heavy atom. The zero-order valence-corrected chi connectivity index (χ0v) is 9.74.